The average Bonchev–Trinajstić information content (AvgIpc) is 3.27. The Kier molecular flexibility index (Phi) is 3.55. The van der Waals surface area contributed by atoms with Crippen LogP contribution < -0.4 is 5.32 Å². The lowest BCUT2D eigenvalue weighted by atomic mass is 10.0. The minimum Gasteiger partial charge on any atom is -0.296 e. The van der Waals surface area contributed by atoms with Crippen molar-refractivity contribution in [1.29, 1.82) is 0 Å². The van der Waals surface area contributed by atoms with Crippen LogP contribution in [0.1, 0.15) is 38.7 Å². The van der Waals surface area contributed by atoms with Gasteiger partial charge in [0.1, 0.15) is 0 Å². The van der Waals surface area contributed by atoms with E-state index in [1.807, 2.05) is 17.5 Å². The lowest BCUT2D eigenvalue weighted by Crippen LogP contribution is -2.12. The molecule has 23 heavy (non-hydrogen) atoms. The Morgan fingerprint density at radius 1 is 1.35 bits per heavy atom. The number of thiophene rings is 1. The topological polar surface area (TPSA) is 87.7 Å². The molecular weight excluding hydrogens is 332 g/mol. The Balaban J connectivity index is 1.53. The van der Waals surface area contributed by atoms with Crippen LogP contribution in [-0.2, 0) is 6.42 Å². The van der Waals surface area contributed by atoms with Crippen LogP contribution in [0.3, 0.4) is 0 Å². The Morgan fingerprint density at radius 2 is 2.26 bits per heavy atom. The van der Waals surface area contributed by atoms with Gasteiger partial charge in [0, 0.05) is 6.42 Å². The fourth-order valence-corrected chi connectivity index (χ4v) is 4.15. The molecule has 1 aliphatic carbocycles. The molecule has 0 atom stereocenters. The Bertz CT molecular complexity index is 879. The van der Waals surface area contributed by atoms with Crippen molar-refractivity contribution < 1.29 is 9.59 Å². The first-order chi connectivity index (χ1) is 11.2. The maximum Gasteiger partial charge on any atom is 0.277 e. The molecule has 0 bridgehead atoms. The molecule has 0 saturated carbocycles. The van der Waals surface area contributed by atoms with Crippen LogP contribution in [0.15, 0.2) is 23.6 Å². The third-order valence-corrected chi connectivity index (χ3v) is 5.54. The lowest BCUT2D eigenvalue weighted by molar-refractivity contribution is 0.0975. The zero-order valence-electron chi connectivity index (χ0n) is 12.0. The van der Waals surface area contributed by atoms with E-state index < -0.39 is 0 Å². The highest BCUT2D eigenvalue weighted by Gasteiger charge is 2.23. The minimum atomic E-state index is -0.331. The number of H-pyrrole nitrogens is 1. The van der Waals surface area contributed by atoms with E-state index in [1.54, 1.807) is 17.4 Å². The number of Topliss-reactive ketones (excluding diaryl/α,β-unsaturated/α-hetero) is 1. The first-order valence-electron chi connectivity index (χ1n) is 7.14. The Labute approximate surface area is 139 Å². The summed E-state index contributed by atoms with van der Waals surface area (Å²) in [5.74, 6) is -0.216. The van der Waals surface area contributed by atoms with Crippen LogP contribution in [0.4, 0.5) is 5.13 Å². The number of nitrogens with zero attached hydrogens (tertiary/aromatic N) is 2. The number of carbonyl (C=O) groups excluding carboxylic acids is 2. The first-order valence-corrected chi connectivity index (χ1v) is 8.84. The summed E-state index contributed by atoms with van der Waals surface area (Å²) in [6.07, 6.45) is 2.18. The molecule has 116 valence electrons. The van der Waals surface area contributed by atoms with E-state index >= 15 is 0 Å². The number of nitrogens with one attached hydrogen (secondary N) is 2. The zero-order chi connectivity index (χ0) is 15.8. The molecule has 0 aromatic carbocycles. The third-order valence-electron chi connectivity index (χ3n) is 3.59. The number of hydrogen-bond acceptors (Lipinski definition) is 6. The SMILES string of the molecule is O=C(Nc1nc2c(s1)C(=O)CCC2)c1cc(-c2cccs2)[nH]n1. The van der Waals surface area contributed by atoms with Gasteiger partial charge in [-0.3, -0.25) is 20.0 Å². The monoisotopic (exact) mass is 344 g/mol. The maximum absolute atomic E-state index is 12.3. The van der Waals surface area contributed by atoms with Crippen LogP contribution in [-0.4, -0.2) is 26.9 Å². The van der Waals surface area contributed by atoms with E-state index in [4.69, 9.17) is 0 Å². The van der Waals surface area contributed by atoms with Crippen molar-refractivity contribution >= 4 is 39.5 Å². The van der Waals surface area contributed by atoms with Gasteiger partial charge in [0.25, 0.3) is 5.91 Å². The van der Waals surface area contributed by atoms with Crippen LogP contribution >= 0.6 is 22.7 Å². The highest BCUT2D eigenvalue weighted by molar-refractivity contribution is 7.17. The van der Waals surface area contributed by atoms with E-state index in [9.17, 15) is 9.59 Å². The van der Waals surface area contributed by atoms with Gasteiger partial charge in [0.15, 0.2) is 16.6 Å². The summed E-state index contributed by atoms with van der Waals surface area (Å²) >= 11 is 2.82. The highest BCUT2D eigenvalue weighted by atomic mass is 32.1. The minimum absolute atomic E-state index is 0.115. The van der Waals surface area contributed by atoms with Crippen LogP contribution in [0.25, 0.3) is 10.6 Å². The van der Waals surface area contributed by atoms with Gasteiger partial charge >= 0.3 is 0 Å². The number of amides is 1. The summed E-state index contributed by atoms with van der Waals surface area (Å²) in [7, 11) is 0. The first kappa shape index (κ1) is 14.3. The van der Waals surface area contributed by atoms with Gasteiger partial charge in [0.05, 0.1) is 21.1 Å². The number of hydrogen-bond donors (Lipinski definition) is 2. The van der Waals surface area contributed by atoms with E-state index in [1.165, 1.54) is 11.3 Å². The smallest absolute Gasteiger partial charge is 0.277 e. The fourth-order valence-electron chi connectivity index (χ4n) is 2.48. The van der Waals surface area contributed by atoms with Crippen molar-refractivity contribution in [3.05, 3.63) is 39.8 Å². The number of aromatic nitrogens is 3. The van der Waals surface area contributed by atoms with E-state index in [2.05, 4.69) is 20.5 Å². The average molecular weight is 344 g/mol. The molecule has 0 fully saturated rings. The molecule has 1 amide bonds. The number of fused-ring (bicyclic) bond motifs is 1. The summed E-state index contributed by atoms with van der Waals surface area (Å²) in [6.45, 7) is 0. The normalized spacial score (nSPS) is 13.8. The van der Waals surface area contributed by atoms with Crippen molar-refractivity contribution in [3.63, 3.8) is 0 Å². The second-order valence-electron chi connectivity index (χ2n) is 5.17. The Morgan fingerprint density at radius 3 is 3.04 bits per heavy atom. The molecule has 3 heterocycles. The number of thiazole rings is 1. The second-order valence-corrected chi connectivity index (χ2v) is 7.12. The summed E-state index contributed by atoms with van der Waals surface area (Å²) in [5.41, 5.74) is 1.90. The molecule has 1 aliphatic rings. The van der Waals surface area contributed by atoms with Gasteiger partial charge in [-0.2, -0.15) is 5.10 Å². The molecule has 3 aromatic heterocycles. The van der Waals surface area contributed by atoms with E-state index in [0.29, 0.717) is 22.1 Å². The van der Waals surface area contributed by atoms with Crippen LogP contribution in [0, 0.1) is 0 Å². The van der Waals surface area contributed by atoms with Crippen molar-refractivity contribution in [2.24, 2.45) is 0 Å². The fraction of sp³-hybridized carbons (Fsp3) is 0.200. The molecule has 0 spiro atoms. The predicted molar refractivity (Wildman–Crippen MR) is 89.2 cm³/mol. The maximum atomic E-state index is 12.3. The molecular formula is C15H12N4O2S2. The quantitative estimate of drug-likeness (QED) is 0.762. The number of aryl methyl sites for hydroxylation is 1. The number of rotatable bonds is 3. The number of carbonyl (C=O) groups is 2. The molecule has 8 heteroatoms. The van der Waals surface area contributed by atoms with E-state index in [0.717, 1.165) is 29.1 Å². The van der Waals surface area contributed by atoms with Gasteiger partial charge in [-0.1, -0.05) is 17.4 Å². The largest absolute Gasteiger partial charge is 0.296 e. The summed E-state index contributed by atoms with van der Waals surface area (Å²) in [4.78, 5) is 30.2. The molecule has 0 radical (unpaired) electrons. The molecule has 6 nitrogen and oxygen atoms in total. The highest BCUT2D eigenvalue weighted by Crippen LogP contribution is 2.30. The van der Waals surface area contributed by atoms with Crippen molar-refractivity contribution in [1.82, 2.24) is 15.2 Å². The Hall–Kier alpha value is -2.32. The van der Waals surface area contributed by atoms with Gasteiger partial charge in [-0.05, 0) is 30.4 Å². The second kappa shape index (κ2) is 5.71. The number of aromatic amines is 1. The molecule has 3 aromatic rings. The van der Waals surface area contributed by atoms with Crippen molar-refractivity contribution in [2.75, 3.05) is 5.32 Å². The van der Waals surface area contributed by atoms with E-state index in [-0.39, 0.29) is 11.7 Å². The van der Waals surface area contributed by atoms with Crippen molar-refractivity contribution in [2.45, 2.75) is 19.3 Å². The molecule has 4 rings (SSSR count). The number of anilines is 1. The molecule has 0 saturated heterocycles. The van der Waals surface area contributed by atoms with Gasteiger partial charge < -0.3 is 0 Å². The number of ketones is 1. The van der Waals surface area contributed by atoms with Gasteiger partial charge in [-0.25, -0.2) is 4.98 Å². The third kappa shape index (κ3) is 2.71. The molecule has 2 N–H and O–H groups in total. The summed E-state index contributed by atoms with van der Waals surface area (Å²) < 4.78 is 0. The van der Waals surface area contributed by atoms with Gasteiger partial charge in [0.2, 0.25) is 0 Å². The van der Waals surface area contributed by atoms with Crippen LogP contribution in [0.2, 0.25) is 0 Å². The molecule has 0 unspecified atom stereocenters. The zero-order valence-corrected chi connectivity index (χ0v) is 13.6. The summed E-state index contributed by atoms with van der Waals surface area (Å²) in [5, 5.41) is 12.1. The van der Waals surface area contributed by atoms with Crippen LogP contribution in [0.5, 0.6) is 0 Å². The predicted octanol–water partition coefficient (Wildman–Crippen LogP) is 3.37. The van der Waals surface area contributed by atoms with Gasteiger partial charge in [-0.15, -0.1) is 11.3 Å². The summed E-state index contributed by atoms with van der Waals surface area (Å²) in [6, 6.07) is 5.61. The van der Waals surface area contributed by atoms with Crippen molar-refractivity contribution in [3.8, 4) is 10.6 Å². The molecule has 0 aliphatic heterocycles. The standard InChI is InChI=1S/C15H12N4O2S2/c20-11-4-1-3-8-13(11)23-15(16-8)17-14(21)10-7-9(18-19-10)12-5-2-6-22-12/h2,5-7H,1,3-4H2,(H,18,19)(H,16,17,21). The lowest BCUT2D eigenvalue weighted by Gasteiger charge is -2.05.